The second-order valence-corrected chi connectivity index (χ2v) is 3.43. The second kappa shape index (κ2) is 5.58. The zero-order valence-electron chi connectivity index (χ0n) is 9.24. The van der Waals surface area contributed by atoms with E-state index in [-0.39, 0.29) is 5.56 Å². The van der Waals surface area contributed by atoms with Crippen molar-refractivity contribution in [2.75, 3.05) is 20.3 Å². The molecule has 0 spiro atoms. The zero-order valence-corrected chi connectivity index (χ0v) is 9.24. The normalized spacial score (nSPS) is 11.1. The van der Waals surface area contributed by atoms with Gasteiger partial charge in [0.2, 0.25) is 0 Å². The van der Waals surface area contributed by atoms with Gasteiger partial charge in [0, 0.05) is 5.56 Å². The molecule has 6 heteroatoms. The van der Waals surface area contributed by atoms with E-state index in [2.05, 4.69) is 0 Å². The summed E-state index contributed by atoms with van der Waals surface area (Å²) in [4.78, 5) is 11.4. The first kappa shape index (κ1) is 13.4. The summed E-state index contributed by atoms with van der Waals surface area (Å²) < 4.78 is 30.2. The van der Waals surface area contributed by atoms with E-state index >= 15 is 0 Å². The summed E-state index contributed by atoms with van der Waals surface area (Å²) in [6, 6.07) is 6.04. The minimum absolute atomic E-state index is 0.250. The van der Waals surface area contributed by atoms with Crippen molar-refractivity contribution in [3.63, 3.8) is 0 Å². The topological polar surface area (TPSA) is 58.6 Å². The molecule has 2 N–H and O–H groups in total. The van der Waals surface area contributed by atoms with Crippen LogP contribution in [0.3, 0.4) is 0 Å². The van der Waals surface area contributed by atoms with Crippen LogP contribution in [0.1, 0.15) is 10.4 Å². The molecule has 0 bridgehead atoms. The number of alkyl halides is 2. The van der Waals surface area contributed by atoms with Crippen LogP contribution in [0.2, 0.25) is 0 Å². The Hall–Kier alpha value is -1.69. The third-order valence-corrected chi connectivity index (χ3v) is 2.09. The molecule has 1 rings (SSSR count). The quantitative estimate of drug-likeness (QED) is 0.815. The van der Waals surface area contributed by atoms with Crippen molar-refractivity contribution in [2.45, 2.75) is 5.92 Å². The van der Waals surface area contributed by atoms with E-state index in [0.717, 1.165) is 0 Å². The third-order valence-electron chi connectivity index (χ3n) is 2.09. The monoisotopic (exact) mass is 245 g/mol. The summed E-state index contributed by atoms with van der Waals surface area (Å²) in [5.41, 5.74) is 0.250. The van der Waals surface area contributed by atoms with Gasteiger partial charge in [0.25, 0.3) is 11.8 Å². The lowest BCUT2D eigenvalue weighted by molar-refractivity contribution is -0.0462. The summed E-state index contributed by atoms with van der Waals surface area (Å²) in [5, 5.41) is 10.4. The fourth-order valence-corrected chi connectivity index (χ4v) is 1.11. The Morgan fingerprint density at radius 3 is 2.47 bits per heavy atom. The number of benzene rings is 1. The Bertz CT molecular complexity index is 379. The van der Waals surface area contributed by atoms with Gasteiger partial charge in [-0.25, -0.2) is 8.78 Å². The van der Waals surface area contributed by atoms with Crippen LogP contribution in [-0.2, 0) is 0 Å². The van der Waals surface area contributed by atoms with E-state index in [0.29, 0.717) is 5.75 Å². The lowest BCUT2D eigenvalue weighted by Crippen LogP contribution is -2.38. The number of carbonyl (C=O) groups is 1. The number of methoxy groups -OCH3 is 1. The predicted molar refractivity (Wildman–Crippen MR) is 57.4 cm³/mol. The molecule has 1 aromatic rings. The average molecular weight is 245 g/mol. The molecule has 0 fully saturated rings. The Balaban J connectivity index is 2.58. The van der Waals surface area contributed by atoms with Gasteiger partial charge in [0.15, 0.2) is 0 Å². The highest BCUT2D eigenvalue weighted by atomic mass is 19.3. The Morgan fingerprint density at radius 2 is 2.00 bits per heavy atom. The van der Waals surface area contributed by atoms with E-state index in [1.54, 1.807) is 12.1 Å². The SMILES string of the molecule is COc1ccc(C(=O)NCC(F)(F)CO)cc1. The standard InChI is InChI=1S/C11H13F2NO3/c1-17-9-4-2-8(3-5-9)10(16)14-6-11(12,13)7-15/h2-5,15H,6-7H2,1H3,(H,14,16). The van der Waals surface area contributed by atoms with Crippen LogP contribution >= 0.6 is 0 Å². The molecule has 4 nitrogen and oxygen atoms in total. The number of hydrogen-bond donors (Lipinski definition) is 2. The molecule has 17 heavy (non-hydrogen) atoms. The second-order valence-electron chi connectivity index (χ2n) is 3.43. The molecule has 0 aromatic heterocycles. The van der Waals surface area contributed by atoms with Gasteiger partial charge < -0.3 is 15.2 Å². The molecule has 0 aliphatic rings. The van der Waals surface area contributed by atoms with Crippen molar-refractivity contribution in [1.82, 2.24) is 5.32 Å². The Morgan fingerprint density at radius 1 is 1.41 bits per heavy atom. The maximum Gasteiger partial charge on any atom is 0.287 e. The fourth-order valence-electron chi connectivity index (χ4n) is 1.11. The van der Waals surface area contributed by atoms with Crippen molar-refractivity contribution in [2.24, 2.45) is 0 Å². The first-order valence-electron chi connectivity index (χ1n) is 4.89. The van der Waals surface area contributed by atoms with Crippen LogP contribution in [0.5, 0.6) is 5.75 Å². The molecule has 1 aromatic carbocycles. The van der Waals surface area contributed by atoms with Crippen LogP contribution < -0.4 is 10.1 Å². The van der Waals surface area contributed by atoms with Crippen molar-refractivity contribution in [1.29, 1.82) is 0 Å². The van der Waals surface area contributed by atoms with E-state index in [4.69, 9.17) is 9.84 Å². The van der Waals surface area contributed by atoms with Gasteiger partial charge in [-0.2, -0.15) is 0 Å². The number of rotatable bonds is 5. The maximum absolute atomic E-state index is 12.7. The van der Waals surface area contributed by atoms with Crippen LogP contribution in [0.4, 0.5) is 8.78 Å². The van der Waals surface area contributed by atoms with Gasteiger partial charge in [-0.3, -0.25) is 4.79 Å². The van der Waals surface area contributed by atoms with Crippen molar-refractivity contribution in [3.05, 3.63) is 29.8 Å². The van der Waals surface area contributed by atoms with E-state index in [1.165, 1.54) is 19.2 Å². The number of aliphatic hydroxyl groups excluding tert-OH is 1. The molecule has 0 radical (unpaired) electrons. The first-order chi connectivity index (χ1) is 7.98. The van der Waals surface area contributed by atoms with Crippen LogP contribution in [-0.4, -0.2) is 37.2 Å². The number of nitrogens with one attached hydrogen (secondary N) is 1. The number of amides is 1. The van der Waals surface area contributed by atoms with Crippen LogP contribution in [0.25, 0.3) is 0 Å². The average Bonchev–Trinajstić information content (AvgIpc) is 2.36. The first-order valence-corrected chi connectivity index (χ1v) is 4.89. The summed E-state index contributed by atoms with van der Waals surface area (Å²) >= 11 is 0. The molecule has 0 atom stereocenters. The smallest absolute Gasteiger partial charge is 0.287 e. The summed E-state index contributed by atoms with van der Waals surface area (Å²) in [6.07, 6.45) is 0. The minimum atomic E-state index is -3.30. The van der Waals surface area contributed by atoms with Crippen molar-refractivity contribution in [3.8, 4) is 5.75 Å². The van der Waals surface area contributed by atoms with Crippen molar-refractivity contribution >= 4 is 5.91 Å². The lowest BCUT2D eigenvalue weighted by Gasteiger charge is -2.13. The highest BCUT2D eigenvalue weighted by Gasteiger charge is 2.28. The van der Waals surface area contributed by atoms with Gasteiger partial charge in [-0.05, 0) is 24.3 Å². The fraction of sp³-hybridized carbons (Fsp3) is 0.364. The number of aliphatic hydroxyl groups is 1. The third kappa shape index (κ3) is 3.99. The number of hydrogen-bond acceptors (Lipinski definition) is 3. The van der Waals surface area contributed by atoms with Crippen molar-refractivity contribution < 1.29 is 23.4 Å². The Kier molecular flexibility index (Phi) is 4.39. The lowest BCUT2D eigenvalue weighted by atomic mass is 10.2. The van der Waals surface area contributed by atoms with Gasteiger partial charge in [-0.1, -0.05) is 0 Å². The minimum Gasteiger partial charge on any atom is -0.497 e. The van der Waals surface area contributed by atoms with E-state index in [9.17, 15) is 13.6 Å². The van der Waals surface area contributed by atoms with Gasteiger partial charge >= 0.3 is 0 Å². The number of ether oxygens (including phenoxy) is 1. The molecule has 94 valence electrons. The van der Waals surface area contributed by atoms with E-state index in [1.807, 2.05) is 5.32 Å². The molecule has 0 saturated carbocycles. The summed E-state index contributed by atoms with van der Waals surface area (Å²) in [7, 11) is 1.48. The number of halogens is 2. The highest BCUT2D eigenvalue weighted by molar-refractivity contribution is 5.94. The van der Waals surface area contributed by atoms with Gasteiger partial charge in [0.1, 0.15) is 12.4 Å². The molecule has 1 amide bonds. The van der Waals surface area contributed by atoms with Crippen LogP contribution in [0.15, 0.2) is 24.3 Å². The summed E-state index contributed by atoms with van der Waals surface area (Å²) in [5.74, 6) is -3.36. The maximum atomic E-state index is 12.7. The van der Waals surface area contributed by atoms with Crippen LogP contribution in [0, 0.1) is 0 Å². The van der Waals surface area contributed by atoms with Gasteiger partial charge in [-0.15, -0.1) is 0 Å². The number of carbonyl (C=O) groups excluding carboxylic acids is 1. The van der Waals surface area contributed by atoms with Gasteiger partial charge in [0.05, 0.1) is 13.7 Å². The molecule has 0 aliphatic heterocycles. The molecule has 0 unspecified atom stereocenters. The Labute approximate surface area is 97.2 Å². The largest absolute Gasteiger partial charge is 0.497 e. The molecule has 0 saturated heterocycles. The zero-order chi connectivity index (χ0) is 12.9. The molecular formula is C11H13F2NO3. The predicted octanol–water partition coefficient (Wildman–Crippen LogP) is 1.05. The molecule has 0 aliphatic carbocycles. The molecule has 0 heterocycles. The van der Waals surface area contributed by atoms with E-state index < -0.39 is 25.0 Å². The molecular weight excluding hydrogens is 232 g/mol. The highest BCUT2D eigenvalue weighted by Crippen LogP contribution is 2.13. The summed E-state index contributed by atoms with van der Waals surface area (Å²) in [6.45, 7) is -2.19.